The molecule has 0 bridgehead atoms. The number of benzene rings is 8. The molecule has 0 N–H and O–H groups in total. The molecule has 8 aromatic carbocycles. The first kappa shape index (κ1) is 30.7. The van der Waals surface area contributed by atoms with Gasteiger partial charge in [0.05, 0.1) is 61.7 Å². The van der Waals surface area contributed by atoms with E-state index in [0.717, 1.165) is 82.8 Å². The molecule has 0 saturated carbocycles. The van der Waals surface area contributed by atoms with E-state index in [0.29, 0.717) is 11.1 Å². The number of fused-ring (bicyclic) bond motifs is 9. The third-order valence-electron chi connectivity index (χ3n) is 11.1. The molecular weight excluding hydrogens is 671 g/mol. The number of rotatable bonds is 4. The van der Waals surface area contributed by atoms with Gasteiger partial charge in [-0.15, -0.1) is 0 Å². The van der Waals surface area contributed by atoms with Crippen molar-refractivity contribution < 1.29 is 0 Å². The van der Waals surface area contributed by atoms with Crippen LogP contribution in [0, 0.1) is 22.7 Å². The van der Waals surface area contributed by atoms with Crippen LogP contribution in [0.1, 0.15) is 11.1 Å². The van der Waals surface area contributed by atoms with Crippen molar-refractivity contribution in [3.05, 3.63) is 187 Å². The monoisotopic (exact) mass is 699 g/mol. The molecule has 0 radical (unpaired) electrons. The van der Waals surface area contributed by atoms with Crippen molar-refractivity contribution in [3.63, 3.8) is 0 Å². The van der Waals surface area contributed by atoms with E-state index in [9.17, 15) is 10.5 Å². The topological polar surface area (TPSA) is 62.4 Å². The Morgan fingerprint density at radius 3 is 1.44 bits per heavy atom. The van der Waals surface area contributed by atoms with Crippen molar-refractivity contribution in [1.29, 1.82) is 10.5 Å². The van der Waals surface area contributed by atoms with Crippen molar-refractivity contribution in [1.82, 2.24) is 13.7 Å². The van der Waals surface area contributed by atoms with E-state index in [-0.39, 0.29) is 0 Å². The second-order valence-electron chi connectivity index (χ2n) is 13.9. The summed E-state index contributed by atoms with van der Waals surface area (Å²) in [5, 5.41) is 27.2. The van der Waals surface area contributed by atoms with E-state index in [1.54, 1.807) is 0 Å². The van der Waals surface area contributed by atoms with Gasteiger partial charge in [0, 0.05) is 38.0 Å². The Hall–Kier alpha value is -7.86. The summed E-state index contributed by atoms with van der Waals surface area (Å²) in [6.45, 7) is 0. The number of aromatic nitrogens is 3. The normalized spacial score (nSPS) is 11.6. The number of hydrogen-bond donors (Lipinski definition) is 0. The first-order chi connectivity index (χ1) is 27.2. The Kier molecular flexibility index (Phi) is 6.61. The van der Waals surface area contributed by atoms with E-state index < -0.39 is 0 Å². The molecule has 0 fully saturated rings. The fourth-order valence-electron chi connectivity index (χ4n) is 8.81. The third kappa shape index (κ3) is 4.39. The number of nitrogens with zero attached hydrogens (tertiary/aromatic N) is 5. The second-order valence-corrected chi connectivity index (χ2v) is 13.9. The van der Waals surface area contributed by atoms with E-state index in [1.807, 2.05) is 36.4 Å². The second kappa shape index (κ2) is 11.8. The Morgan fingerprint density at radius 1 is 0.327 bits per heavy atom. The zero-order chi connectivity index (χ0) is 36.6. The van der Waals surface area contributed by atoms with Crippen LogP contribution >= 0.6 is 0 Å². The van der Waals surface area contributed by atoms with Crippen LogP contribution in [-0.4, -0.2) is 13.7 Å². The molecule has 0 aliphatic heterocycles. The van der Waals surface area contributed by atoms with Crippen LogP contribution in [0.5, 0.6) is 0 Å². The first-order valence-corrected chi connectivity index (χ1v) is 18.3. The lowest BCUT2D eigenvalue weighted by atomic mass is 10.0. The standard InChI is InChI=1S/C50H29N5/c51-30-34-24-23-33(32-25-27-36(28-26-32)53-43-18-7-3-14-39(43)49-35(31-52)11-9-20-45(49)53)29-48(34)55-44-19-8-4-15-40(44)50-46(21-10-22-47(50)55)54-41-16-5-1-12-37(41)38-13-2-6-17-42(38)54/h1-29H. The SMILES string of the molecule is N#Cc1ccc(-c2ccc(-n3c4ccccc4c4c(C#N)cccc43)cc2)cc1-n1c2ccccc2c2c(-n3c4ccccc4c4ccccc43)cccc21. The maximum Gasteiger partial charge on any atom is 0.101 e. The fourth-order valence-corrected chi connectivity index (χ4v) is 8.81. The molecule has 0 aliphatic carbocycles. The highest BCUT2D eigenvalue weighted by atomic mass is 15.0. The lowest BCUT2D eigenvalue weighted by Gasteiger charge is -2.14. The van der Waals surface area contributed by atoms with Gasteiger partial charge in [-0.1, -0.05) is 103 Å². The summed E-state index contributed by atoms with van der Waals surface area (Å²) in [5.74, 6) is 0. The Bertz CT molecular complexity index is 3400. The average molecular weight is 700 g/mol. The minimum Gasteiger partial charge on any atom is -0.309 e. The molecule has 0 aliphatic rings. The van der Waals surface area contributed by atoms with Gasteiger partial charge < -0.3 is 13.7 Å². The van der Waals surface area contributed by atoms with Crippen molar-refractivity contribution in [2.24, 2.45) is 0 Å². The van der Waals surface area contributed by atoms with Crippen LogP contribution in [0.3, 0.4) is 0 Å². The van der Waals surface area contributed by atoms with Gasteiger partial charge in [-0.25, -0.2) is 0 Å². The van der Waals surface area contributed by atoms with Gasteiger partial charge in [-0.2, -0.15) is 10.5 Å². The molecule has 11 rings (SSSR count). The third-order valence-corrected chi connectivity index (χ3v) is 11.1. The van der Waals surface area contributed by atoms with E-state index in [4.69, 9.17) is 0 Å². The molecule has 3 aromatic heterocycles. The Morgan fingerprint density at radius 2 is 0.800 bits per heavy atom. The van der Waals surface area contributed by atoms with Crippen molar-refractivity contribution in [2.45, 2.75) is 0 Å². The lowest BCUT2D eigenvalue weighted by molar-refractivity contribution is 1.16. The zero-order valence-corrected chi connectivity index (χ0v) is 29.5. The molecule has 5 heteroatoms. The molecular formula is C50H29N5. The minimum atomic E-state index is 0.601. The number of nitriles is 2. The summed E-state index contributed by atoms with van der Waals surface area (Å²) >= 11 is 0. The maximum absolute atomic E-state index is 10.5. The molecule has 0 spiro atoms. The molecule has 0 atom stereocenters. The zero-order valence-electron chi connectivity index (χ0n) is 29.5. The van der Waals surface area contributed by atoms with E-state index in [2.05, 4.69) is 165 Å². The predicted octanol–water partition coefficient (Wildman–Crippen LogP) is 12.4. The highest BCUT2D eigenvalue weighted by Crippen LogP contribution is 2.41. The van der Waals surface area contributed by atoms with E-state index in [1.165, 1.54) is 10.8 Å². The van der Waals surface area contributed by atoms with Crippen LogP contribution in [-0.2, 0) is 0 Å². The van der Waals surface area contributed by atoms with Gasteiger partial charge in [0.2, 0.25) is 0 Å². The summed E-state index contributed by atoms with van der Waals surface area (Å²) in [7, 11) is 0. The van der Waals surface area contributed by atoms with E-state index >= 15 is 0 Å². The molecule has 3 heterocycles. The smallest absolute Gasteiger partial charge is 0.101 e. The highest BCUT2D eigenvalue weighted by Gasteiger charge is 2.21. The molecule has 0 unspecified atom stereocenters. The first-order valence-electron chi connectivity index (χ1n) is 18.3. The van der Waals surface area contributed by atoms with Crippen molar-refractivity contribution in [3.8, 4) is 40.3 Å². The Labute approximate surface area is 316 Å². The van der Waals surface area contributed by atoms with Gasteiger partial charge in [0.25, 0.3) is 0 Å². The summed E-state index contributed by atoms with van der Waals surface area (Å²) in [6.07, 6.45) is 0. The largest absolute Gasteiger partial charge is 0.309 e. The van der Waals surface area contributed by atoms with Crippen LogP contribution in [0.25, 0.3) is 93.6 Å². The number of hydrogen-bond acceptors (Lipinski definition) is 2. The van der Waals surface area contributed by atoms with Gasteiger partial charge in [0.15, 0.2) is 0 Å². The molecule has 11 aromatic rings. The molecule has 0 saturated heterocycles. The predicted molar refractivity (Wildman–Crippen MR) is 224 cm³/mol. The molecule has 5 nitrogen and oxygen atoms in total. The molecule has 0 amide bonds. The van der Waals surface area contributed by atoms with Crippen molar-refractivity contribution >= 4 is 65.4 Å². The Balaban J connectivity index is 1.10. The fraction of sp³-hybridized carbons (Fsp3) is 0. The average Bonchev–Trinajstić information content (AvgIpc) is 3.89. The van der Waals surface area contributed by atoms with Crippen molar-refractivity contribution in [2.75, 3.05) is 0 Å². The van der Waals surface area contributed by atoms with Gasteiger partial charge in [-0.3, -0.25) is 0 Å². The van der Waals surface area contributed by atoms with Crippen LogP contribution in [0.2, 0.25) is 0 Å². The van der Waals surface area contributed by atoms with Crippen LogP contribution < -0.4 is 0 Å². The summed E-state index contributed by atoms with van der Waals surface area (Å²) in [6, 6.07) is 65.9. The van der Waals surface area contributed by atoms with Gasteiger partial charge in [0.1, 0.15) is 6.07 Å². The maximum atomic E-state index is 10.5. The minimum absolute atomic E-state index is 0.601. The molecule has 55 heavy (non-hydrogen) atoms. The highest BCUT2D eigenvalue weighted by molar-refractivity contribution is 6.17. The van der Waals surface area contributed by atoms with Gasteiger partial charge in [-0.05, 0) is 83.9 Å². The summed E-state index contributed by atoms with van der Waals surface area (Å²) in [5.41, 5.74) is 12.7. The van der Waals surface area contributed by atoms with Crippen LogP contribution in [0.15, 0.2) is 176 Å². The summed E-state index contributed by atoms with van der Waals surface area (Å²) < 4.78 is 6.86. The van der Waals surface area contributed by atoms with Crippen LogP contribution in [0.4, 0.5) is 0 Å². The number of para-hydroxylation sites is 4. The summed E-state index contributed by atoms with van der Waals surface area (Å²) in [4.78, 5) is 0. The quantitative estimate of drug-likeness (QED) is 0.184. The van der Waals surface area contributed by atoms with Gasteiger partial charge >= 0.3 is 0 Å². The molecule has 254 valence electrons. The lowest BCUT2D eigenvalue weighted by Crippen LogP contribution is -1.99.